The van der Waals surface area contributed by atoms with Gasteiger partial charge < -0.3 is 9.47 Å². The van der Waals surface area contributed by atoms with Crippen molar-refractivity contribution in [1.29, 1.82) is 0 Å². The Morgan fingerprint density at radius 3 is 2.96 bits per heavy atom. The molecule has 1 saturated heterocycles. The molecule has 9 heteroatoms. The topological polar surface area (TPSA) is 77.8 Å². The molecule has 1 aromatic carbocycles. The molecule has 1 aliphatic rings. The molecule has 26 heavy (non-hydrogen) atoms. The van der Waals surface area contributed by atoms with Gasteiger partial charge >= 0.3 is 0 Å². The van der Waals surface area contributed by atoms with Crippen molar-refractivity contribution < 1.29 is 18.3 Å². The van der Waals surface area contributed by atoms with E-state index >= 15 is 0 Å². The first-order valence-electron chi connectivity index (χ1n) is 8.20. The first-order valence-corrected chi connectivity index (χ1v) is 8.20. The zero-order chi connectivity index (χ0) is 18.1. The van der Waals surface area contributed by atoms with E-state index in [2.05, 4.69) is 20.3 Å². The van der Waals surface area contributed by atoms with Crippen LogP contribution in [0.1, 0.15) is 23.7 Å². The number of hydrogen-bond donors (Lipinski definition) is 1. The van der Waals surface area contributed by atoms with Gasteiger partial charge in [-0.25, -0.2) is 18.4 Å². The van der Waals surface area contributed by atoms with Crippen LogP contribution in [-0.2, 0) is 11.3 Å². The highest BCUT2D eigenvalue weighted by molar-refractivity contribution is 5.58. The van der Waals surface area contributed by atoms with Crippen LogP contribution >= 0.6 is 0 Å². The maximum absolute atomic E-state index is 13.6. The largest absolute Gasteiger partial charge is 0.493 e. The van der Waals surface area contributed by atoms with Gasteiger partial charge in [0, 0.05) is 12.5 Å². The average molecular weight is 361 g/mol. The fourth-order valence-corrected chi connectivity index (χ4v) is 2.97. The zero-order valence-electron chi connectivity index (χ0n) is 14.1. The van der Waals surface area contributed by atoms with Crippen LogP contribution in [0.3, 0.4) is 0 Å². The molecular formula is C17H17F2N5O2. The molecule has 0 spiro atoms. The van der Waals surface area contributed by atoms with Crippen LogP contribution in [0.5, 0.6) is 5.75 Å². The standard InChI is InChI=1S/C17H17F2N5O2/c1-25-14-7-20-22-15(14)17-21-16(11-4-5-26-9-11)23-24(17)8-10-2-3-12(18)13(19)6-10/h2-3,6-7,11H,4-5,8-9H2,1H3,(H,20,22). The molecule has 136 valence electrons. The molecule has 1 N–H and O–H groups in total. The number of ether oxygens (including phenoxy) is 2. The van der Waals surface area contributed by atoms with Gasteiger partial charge in [0.25, 0.3) is 0 Å². The van der Waals surface area contributed by atoms with Gasteiger partial charge in [-0.3, -0.25) is 5.10 Å². The molecule has 3 heterocycles. The lowest BCUT2D eigenvalue weighted by Crippen LogP contribution is -2.07. The smallest absolute Gasteiger partial charge is 0.180 e. The van der Waals surface area contributed by atoms with Gasteiger partial charge in [0.05, 0.1) is 26.5 Å². The lowest BCUT2D eigenvalue weighted by Gasteiger charge is -2.07. The summed E-state index contributed by atoms with van der Waals surface area (Å²) in [5, 5.41) is 11.4. The van der Waals surface area contributed by atoms with E-state index < -0.39 is 11.6 Å². The fraction of sp³-hybridized carbons (Fsp3) is 0.353. The second kappa shape index (κ2) is 6.83. The van der Waals surface area contributed by atoms with Crippen LogP contribution < -0.4 is 4.74 Å². The van der Waals surface area contributed by atoms with Gasteiger partial charge in [-0.2, -0.15) is 10.2 Å². The van der Waals surface area contributed by atoms with Crippen LogP contribution in [0.25, 0.3) is 11.5 Å². The van der Waals surface area contributed by atoms with Crippen LogP contribution in [0.2, 0.25) is 0 Å². The molecule has 4 rings (SSSR count). The Morgan fingerprint density at radius 2 is 2.23 bits per heavy atom. The maximum Gasteiger partial charge on any atom is 0.180 e. The van der Waals surface area contributed by atoms with Gasteiger partial charge in [-0.05, 0) is 24.1 Å². The van der Waals surface area contributed by atoms with Crippen molar-refractivity contribution in [2.45, 2.75) is 18.9 Å². The molecule has 2 aromatic heterocycles. The summed E-state index contributed by atoms with van der Waals surface area (Å²) in [5.74, 6) is 0.0223. The Kier molecular flexibility index (Phi) is 4.37. The van der Waals surface area contributed by atoms with E-state index in [9.17, 15) is 8.78 Å². The van der Waals surface area contributed by atoms with Crippen molar-refractivity contribution in [3.8, 4) is 17.3 Å². The van der Waals surface area contributed by atoms with E-state index in [1.54, 1.807) is 10.9 Å². The minimum Gasteiger partial charge on any atom is -0.493 e. The van der Waals surface area contributed by atoms with E-state index in [1.165, 1.54) is 13.2 Å². The molecule has 1 aliphatic heterocycles. The van der Waals surface area contributed by atoms with Gasteiger partial charge in [0.15, 0.2) is 29.0 Å². The van der Waals surface area contributed by atoms with Crippen molar-refractivity contribution in [1.82, 2.24) is 25.0 Å². The van der Waals surface area contributed by atoms with Crippen LogP contribution in [0.15, 0.2) is 24.4 Å². The molecule has 3 aromatic rings. The van der Waals surface area contributed by atoms with Crippen molar-refractivity contribution in [3.05, 3.63) is 47.4 Å². The minimum atomic E-state index is -0.896. The van der Waals surface area contributed by atoms with Crippen molar-refractivity contribution in [2.24, 2.45) is 0 Å². The number of aromatic amines is 1. The summed E-state index contributed by atoms with van der Waals surface area (Å²) in [5.41, 5.74) is 1.15. The number of halogens is 2. The quantitative estimate of drug-likeness (QED) is 0.756. The average Bonchev–Trinajstić information content (AvgIpc) is 3.37. The SMILES string of the molecule is COc1cn[nH]c1-c1nc(C2CCOC2)nn1Cc1ccc(F)c(F)c1. The summed E-state index contributed by atoms with van der Waals surface area (Å²) in [4.78, 5) is 4.63. The summed E-state index contributed by atoms with van der Waals surface area (Å²) in [6.45, 7) is 1.47. The van der Waals surface area contributed by atoms with Crippen LogP contribution in [-0.4, -0.2) is 45.3 Å². The third kappa shape index (κ3) is 3.05. The molecule has 0 bridgehead atoms. The number of nitrogens with one attached hydrogen (secondary N) is 1. The molecular weight excluding hydrogens is 344 g/mol. The van der Waals surface area contributed by atoms with Crippen LogP contribution in [0, 0.1) is 11.6 Å². The fourth-order valence-electron chi connectivity index (χ4n) is 2.97. The third-order valence-electron chi connectivity index (χ3n) is 4.35. The Labute approximate surface area is 148 Å². The highest BCUT2D eigenvalue weighted by atomic mass is 19.2. The van der Waals surface area contributed by atoms with E-state index in [1.807, 2.05) is 0 Å². The predicted octanol–water partition coefficient (Wildman–Crippen LogP) is 2.51. The normalized spacial score (nSPS) is 17.0. The monoisotopic (exact) mass is 361 g/mol. The van der Waals surface area contributed by atoms with E-state index in [0.717, 1.165) is 18.6 Å². The van der Waals surface area contributed by atoms with E-state index in [0.29, 0.717) is 41.9 Å². The Bertz CT molecular complexity index is 918. The number of nitrogens with zero attached hydrogens (tertiary/aromatic N) is 4. The van der Waals surface area contributed by atoms with Crippen LogP contribution in [0.4, 0.5) is 8.78 Å². The van der Waals surface area contributed by atoms with Gasteiger partial charge in [-0.15, -0.1) is 0 Å². The van der Waals surface area contributed by atoms with Crippen molar-refractivity contribution >= 4 is 0 Å². The number of benzene rings is 1. The van der Waals surface area contributed by atoms with Gasteiger partial charge in [-0.1, -0.05) is 6.07 Å². The molecule has 0 saturated carbocycles. The second-order valence-electron chi connectivity index (χ2n) is 6.07. The summed E-state index contributed by atoms with van der Waals surface area (Å²) in [6.07, 6.45) is 2.39. The molecule has 0 aliphatic carbocycles. The molecule has 1 atom stereocenters. The summed E-state index contributed by atoms with van der Waals surface area (Å²) < 4.78 is 39.1. The summed E-state index contributed by atoms with van der Waals surface area (Å²) in [7, 11) is 1.54. The number of aromatic nitrogens is 5. The summed E-state index contributed by atoms with van der Waals surface area (Å²) in [6, 6.07) is 3.78. The maximum atomic E-state index is 13.6. The molecule has 1 fully saturated rings. The zero-order valence-corrected chi connectivity index (χ0v) is 14.1. The third-order valence-corrected chi connectivity index (χ3v) is 4.35. The van der Waals surface area contributed by atoms with Gasteiger partial charge in [0.1, 0.15) is 5.69 Å². The first kappa shape index (κ1) is 16.6. The highest BCUT2D eigenvalue weighted by Gasteiger charge is 2.26. The first-order chi connectivity index (χ1) is 12.7. The van der Waals surface area contributed by atoms with E-state index in [-0.39, 0.29) is 12.5 Å². The second-order valence-corrected chi connectivity index (χ2v) is 6.07. The van der Waals surface area contributed by atoms with E-state index in [4.69, 9.17) is 9.47 Å². The molecule has 0 radical (unpaired) electrons. The molecule has 0 amide bonds. The lowest BCUT2D eigenvalue weighted by molar-refractivity contribution is 0.193. The lowest BCUT2D eigenvalue weighted by atomic mass is 10.1. The number of methoxy groups -OCH3 is 1. The summed E-state index contributed by atoms with van der Waals surface area (Å²) >= 11 is 0. The highest BCUT2D eigenvalue weighted by Crippen LogP contribution is 2.29. The Balaban J connectivity index is 1.74. The Morgan fingerprint density at radius 1 is 1.35 bits per heavy atom. The van der Waals surface area contributed by atoms with Crippen molar-refractivity contribution in [2.75, 3.05) is 20.3 Å². The minimum absolute atomic E-state index is 0.105. The molecule has 1 unspecified atom stereocenters. The predicted molar refractivity (Wildman–Crippen MR) is 87.8 cm³/mol. The number of H-pyrrole nitrogens is 1. The Hall–Kier alpha value is -2.81. The number of hydrogen-bond acceptors (Lipinski definition) is 5. The van der Waals surface area contributed by atoms with Crippen molar-refractivity contribution in [3.63, 3.8) is 0 Å². The van der Waals surface area contributed by atoms with Gasteiger partial charge in [0.2, 0.25) is 0 Å². The number of rotatable bonds is 5. The molecule has 7 nitrogen and oxygen atoms in total.